The molecule has 0 heterocycles. The molecule has 24 heavy (non-hydrogen) atoms. The maximum absolute atomic E-state index is 12.6. The predicted octanol–water partition coefficient (Wildman–Crippen LogP) is 4.07. The molecule has 4 nitrogen and oxygen atoms in total. The van der Waals surface area contributed by atoms with Crippen LogP contribution in [0.5, 0.6) is 0 Å². The van der Waals surface area contributed by atoms with Gasteiger partial charge in [-0.15, -0.1) is 0 Å². The zero-order valence-corrected chi connectivity index (χ0v) is 13.9. The van der Waals surface area contributed by atoms with E-state index in [4.69, 9.17) is 0 Å². The third kappa shape index (κ3) is 7.02. The number of rotatable bonds is 8. The Morgan fingerprint density at radius 1 is 1.17 bits per heavy atom. The Labute approximate surface area is 140 Å². The first-order valence-corrected chi connectivity index (χ1v) is 7.96. The predicted molar refractivity (Wildman–Crippen MR) is 86.5 cm³/mol. The average Bonchev–Trinajstić information content (AvgIpc) is 2.49. The summed E-state index contributed by atoms with van der Waals surface area (Å²) in [7, 11) is 0. The molecule has 0 aromatic heterocycles. The zero-order valence-electron chi connectivity index (χ0n) is 13.9. The molecule has 0 spiro atoms. The number of benzene rings is 1. The number of carbonyl (C=O) groups excluding carboxylic acids is 2. The molecule has 1 aromatic carbocycles. The van der Waals surface area contributed by atoms with Crippen molar-refractivity contribution in [3.63, 3.8) is 0 Å². The molecule has 0 saturated heterocycles. The first-order valence-electron chi connectivity index (χ1n) is 7.96. The van der Waals surface area contributed by atoms with Gasteiger partial charge >= 0.3 is 6.18 Å². The molecule has 0 saturated carbocycles. The summed E-state index contributed by atoms with van der Waals surface area (Å²) in [5.41, 5.74) is -0.722. The molecule has 0 aliphatic rings. The van der Waals surface area contributed by atoms with Gasteiger partial charge in [0.15, 0.2) is 0 Å². The van der Waals surface area contributed by atoms with Crippen LogP contribution in [0.4, 0.5) is 18.9 Å². The van der Waals surface area contributed by atoms with Crippen molar-refractivity contribution < 1.29 is 22.8 Å². The highest BCUT2D eigenvalue weighted by Crippen LogP contribution is 2.30. The number of amides is 2. The van der Waals surface area contributed by atoms with E-state index in [2.05, 4.69) is 12.2 Å². The zero-order chi connectivity index (χ0) is 18.2. The third-order valence-electron chi connectivity index (χ3n) is 3.56. The molecule has 0 atom stereocenters. The van der Waals surface area contributed by atoms with Crippen molar-refractivity contribution >= 4 is 17.5 Å². The summed E-state index contributed by atoms with van der Waals surface area (Å²) in [4.78, 5) is 25.0. The Morgan fingerprint density at radius 3 is 2.46 bits per heavy atom. The van der Waals surface area contributed by atoms with E-state index in [1.54, 1.807) is 4.90 Å². The molecule has 2 amide bonds. The number of halogens is 3. The maximum Gasteiger partial charge on any atom is 0.416 e. The van der Waals surface area contributed by atoms with Gasteiger partial charge in [0.05, 0.1) is 5.56 Å². The van der Waals surface area contributed by atoms with Crippen molar-refractivity contribution in [3.8, 4) is 0 Å². The monoisotopic (exact) mass is 344 g/mol. The second kappa shape index (κ2) is 9.30. The average molecular weight is 344 g/mol. The number of anilines is 1. The molecule has 0 aliphatic carbocycles. The van der Waals surface area contributed by atoms with Gasteiger partial charge in [-0.25, -0.2) is 0 Å². The van der Waals surface area contributed by atoms with E-state index in [-0.39, 0.29) is 24.6 Å². The van der Waals surface area contributed by atoms with Crippen molar-refractivity contribution in [2.45, 2.75) is 45.7 Å². The minimum Gasteiger partial charge on any atom is -0.342 e. The van der Waals surface area contributed by atoms with Crippen LogP contribution in [0.1, 0.15) is 45.1 Å². The summed E-state index contributed by atoms with van der Waals surface area (Å²) in [5.74, 6) is -0.533. The van der Waals surface area contributed by atoms with Crippen LogP contribution < -0.4 is 5.32 Å². The summed E-state index contributed by atoms with van der Waals surface area (Å²) < 4.78 is 37.9. The van der Waals surface area contributed by atoms with Gasteiger partial charge < -0.3 is 10.2 Å². The Morgan fingerprint density at radius 2 is 1.88 bits per heavy atom. The Balaban J connectivity index is 2.55. The van der Waals surface area contributed by atoms with Crippen molar-refractivity contribution in [3.05, 3.63) is 29.8 Å². The lowest BCUT2D eigenvalue weighted by molar-refractivity contribution is -0.137. The highest BCUT2D eigenvalue weighted by atomic mass is 19.4. The quantitative estimate of drug-likeness (QED) is 0.723. The minimum absolute atomic E-state index is 0.0436. The highest BCUT2D eigenvalue weighted by molar-refractivity contribution is 5.91. The SMILES string of the molecule is CCCCCN(CCC(=O)Nc1cccc(C(F)(F)F)c1)C(C)=O. The van der Waals surface area contributed by atoms with Gasteiger partial charge in [0, 0.05) is 32.1 Å². The molecule has 1 N–H and O–H groups in total. The lowest BCUT2D eigenvalue weighted by atomic mass is 10.2. The molecule has 0 unspecified atom stereocenters. The molecule has 0 bridgehead atoms. The van der Waals surface area contributed by atoms with E-state index < -0.39 is 17.6 Å². The number of nitrogens with zero attached hydrogens (tertiary/aromatic N) is 1. The Kier molecular flexibility index (Phi) is 7.74. The Bertz CT molecular complexity index is 559. The minimum atomic E-state index is -4.45. The normalized spacial score (nSPS) is 11.2. The number of hydrogen-bond acceptors (Lipinski definition) is 2. The lowest BCUT2D eigenvalue weighted by Crippen LogP contribution is -2.32. The fourth-order valence-corrected chi connectivity index (χ4v) is 2.21. The van der Waals surface area contributed by atoms with Crippen LogP contribution in [0.25, 0.3) is 0 Å². The number of nitrogens with one attached hydrogen (secondary N) is 1. The maximum atomic E-state index is 12.6. The molecular weight excluding hydrogens is 321 g/mol. The van der Waals surface area contributed by atoms with Crippen LogP contribution >= 0.6 is 0 Å². The summed E-state index contributed by atoms with van der Waals surface area (Å²) in [6.45, 7) is 4.33. The molecule has 134 valence electrons. The van der Waals surface area contributed by atoms with Gasteiger partial charge in [-0.05, 0) is 24.6 Å². The van der Waals surface area contributed by atoms with Crippen molar-refractivity contribution in [1.29, 1.82) is 0 Å². The molecule has 7 heteroatoms. The summed E-state index contributed by atoms with van der Waals surface area (Å²) in [6.07, 6.45) is -1.51. The largest absolute Gasteiger partial charge is 0.416 e. The number of carbonyl (C=O) groups is 2. The fourth-order valence-electron chi connectivity index (χ4n) is 2.21. The summed E-state index contributed by atoms with van der Waals surface area (Å²) in [6, 6.07) is 4.48. The van der Waals surface area contributed by atoms with Crippen LogP contribution in [0.2, 0.25) is 0 Å². The number of unbranched alkanes of at least 4 members (excludes halogenated alkanes) is 2. The second-order valence-corrected chi connectivity index (χ2v) is 5.59. The van der Waals surface area contributed by atoms with Crippen molar-refractivity contribution in [2.75, 3.05) is 18.4 Å². The molecule has 1 aromatic rings. The summed E-state index contributed by atoms with van der Waals surface area (Å²) in [5, 5.41) is 2.44. The first-order chi connectivity index (χ1) is 11.2. The van der Waals surface area contributed by atoms with Gasteiger partial charge in [0.2, 0.25) is 11.8 Å². The van der Waals surface area contributed by atoms with E-state index >= 15 is 0 Å². The Hall–Kier alpha value is -2.05. The van der Waals surface area contributed by atoms with Gasteiger partial charge in [-0.2, -0.15) is 13.2 Å². The number of hydrogen-bond donors (Lipinski definition) is 1. The van der Waals surface area contributed by atoms with E-state index in [0.29, 0.717) is 6.54 Å². The topological polar surface area (TPSA) is 49.4 Å². The van der Waals surface area contributed by atoms with E-state index in [0.717, 1.165) is 31.4 Å². The standard InChI is InChI=1S/C17H23F3N2O2/c1-3-4-5-10-22(13(2)23)11-9-16(24)21-15-8-6-7-14(12-15)17(18,19)20/h6-8,12H,3-5,9-11H2,1-2H3,(H,21,24). The van der Waals surface area contributed by atoms with Gasteiger partial charge in [0.25, 0.3) is 0 Å². The van der Waals surface area contributed by atoms with E-state index in [1.807, 2.05) is 0 Å². The summed E-state index contributed by atoms with van der Waals surface area (Å²) >= 11 is 0. The van der Waals surface area contributed by atoms with Crippen LogP contribution in [0.15, 0.2) is 24.3 Å². The van der Waals surface area contributed by atoms with Crippen LogP contribution in [-0.4, -0.2) is 29.8 Å². The van der Waals surface area contributed by atoms with Crippen LogP contribution in [0.3, 0.4) is 0 Å². The van der Waals surface area contributed by atoms with Gasteiger partial charge in [-0.3, -0.25) is 9.59 Å². The van der Waals surface area contributed by atoms with Crippen LogP contribution in [0, 0.1) is 0 Å². The van der Waals surface area contributed by atoms with E-state index in [9.17, 15) is 22.8 Å². The lowest BCUT2D eigenvalue weighted by Gasteiger charge is -2.20. The molecule has 0 fully saturated rings. The van der Waals surface area contributed by atoms with Gasteiger partial charge in [0.1, 0.15) is 0 Å². The van der Waals surface area contributed by atoms with Crippen molar-refractivity contribution in [1.82, 2.24) is 4.90 Å². The van der Waals surface area contributed by atoms with E-state index in [1.165, 1.54) is 19.1 Å². The third-order valence-corrected chi connectivity index (χ3v) is 3.56. The van der Waals surface area contributed by atoms with Crippen molar-refractivity contribution in [2.24, 2.45) is 0 Å². The fraction of sp³-hybridized carbons (Fsp3) is 0.529. The second-order valence-electron chi connectivity index (χ2n) is 5.59. The van der Waals surface area contributed by atoms with Gasteiger partial charge in [-0.1, -0.05) is 25.8 Å². The molecule has 1 rings (SSSR count). The molecular formula is C17H23F3N2O2. The molecule has 0 radical (unpaired) electrons. The highest BCUT2D eigenvalue weighted by Gasteiger charge is 2.30. The molecule has 0 aliphatic heterocycles. The number of alkyl halides is 3. The first kappa shape index (κ1) is 20.0. The van der Waals surface area contributed by atoms with Crippen LogP contribution in [-0.2, 0) is 15.8 Å². The smallest absolute Gasteiger partial charge is 0.342 e.